The number of ether oxygens (including phenoxy) is 1. The van der Waals surface area contributed by atoms with Crippen LogP contribution < -0.4 is 15.4 Å². The molecule has 14 heavy (non-hydrogen) atoms. The highest BCUT2D eigenvalue weighted by molar-refractivity contribution is 5.30. The second-order valence-electron chi connectivity index (χ2n) is 2.96. The zero-order valence-corrected chi connectivity index (χ0v) is 8.60. The Morgan fingerprint density at radius 2 is 2.36 bits per heavy atom. The number of aromatic nitrogens is 2. The maximum absolute atomic E-state index is 5.42. The Labute approximate surface area is 83.9 Å². The summed E-state index contributed by atoms with van der Waals surface area (Å²) < 4.78 is 5.01. The molecule has 1 aromatic rings. The standard InChI is InChI=1S/C9H16N4O/c1-13(7-3-5-10)9-11-6-4-8(12-9)14-2/h4,6H,3,5,7,10H2,1-2H3. The monoisotopic (exact) mass is 196 g/mol. The summed E-state index contributed by atoms with van der Waals surface area (Å²) in [6.07, 6.45) is 2.61. The number of methoxy groups -OCH3 is 1. The highest BCUT2D eigenvalue weighted by Gasteiger charge is 2.04. The molecule has 1 rings (SSSR count). The number of rotatable bonds is 5. The summed E-state index contributed by atoms with van der Waals surface area (Å²) in [6.45, 7) is 1.53. The maximum Gasteiger partial charge on any atom is 0.228 e. The van der Waals surface area contributed by atoms with Crippen LogP contribution in [0.4, 0.5) is 5.95 Å². The lowest BCUT2D eigenvalue weighted by molar-refractivity contribution is 0.397. The second kappa shape index (κ2) is 5.39. The summed E-state index contributed by atoms with van der Waals surface area (Å²) >= 11 is 0. The zero-order chi connectivity index (χ0) is 10.4. The molecular formula is C9H16N4O. The quantitative estimate of drug-likeness (QED) is 0.732. The van der Waals surface area contributed by atoms with E-state index < -0.39 is 0 Å². The smallest absolute Gasteiger partial charge is 0.228 e. The fraction of sp³-hybridized carbons (Fsp3) is 0.556. The van der Waals surface area contributed by atoms with E-state index in [4.69, 9.17) is 10.5 Å². The Kier molecular flexibility index (Phi) is 4.12. The van der Waals surface area contributed by atoms with Gasteiger partial charge in [-0.3, -0.25) is 0 Å². The van der Waals surface area contributed by atoms with Crippen LogP contribution in [0.25, 0.3) is 0 Å². The number of anilines is 1. The first-order chi connectivity index (χ1) is 6.77. The third kappa shape index (κ3) is 2.85. The summed E-state index contributed by atoms with van der Waals surface area (Å²) in [7, 11) is 3.52. The third-order valence-corrected chi connectivity index (χ3v) is 1.87. The van der Waals surface area contributed by atoms with E-state index in [1.165, 1.54) is 0 Å². The lowest BCUT2D eigenvalue weighted by atomic mass is 10.4. The average molecular weight is 196 g/mol. The lowest BCUT2D eigenvalue weighted by Gasteiger charge is -2.16. The summed E-state index contributed by atoms with van der Waals surface area (Å²) in [5.41, 5.74) is 5.42. The van der Waals surface area contributed by atoms with Crippen molar-refractivity contribution < 1.29 is 4.74 Å². The number of hydrogen-bond donors (Lipinski definition) is 1. The highest BCUT2D eigenvalue weighted by atomic mass is 16.5. The van der Waals surface area contributed by atoms with E-state index in [1.54, 1.807) is 19.4 Å². The third-order valence-electron chi connectivity index (χ3n) is 1.87. The summed E-state index contributed by atoms with van der Waals surface area (Å²) in [4.78, 5) is 10.3. The molecule has 1 aromatic heterocycles. The topological polar surface area (TPSA) is 64.3 Å². The van der Waals surface area contributed by atoms with E-state index in [1.807, 2.05) is 11.9 Å². The van der Waals surface area contributed by atoms with E-state index in [9.17, 15) is 0 Å². The van der Waals surface area contributed by atoms with Crippen molar-refractivity contribution in [2.45, 2.75) is 6.42 Å². The molecule has 0 aliphatic heterocycles. The predicted octanol–water partition coefficient (Wildman–Crippen LogP) is 0.270. The predicted molar refractivity (Wildman–Crippen MR) is 55.5 cm³/mol. The van der Waals surface area contributed by atoms with Crippen molar-refractivity contribution in [3.05, 3.63) is 12.3 Å². The van der Waals surface area contributed by atoms with Gasteiger partial charge in [0, 0.05) is 25.9 Å². The molecule has 0 bridgehead atoms. The average Bonchev–Trinajstić information content (AvgIpc) is 2.26. The van der Waals surface area contributed by atoms with Gasteiger partial charge in [0.15, 0.2) is 0 Å². The van der Waals surface area contributed by atoms with Crippen LogP contribution in [0.15, 0.2) is 12.3 Å². The first kappa shape index (κ1) is 10.7. The van der Waals surface area contributed by atoms with Crippen molar-refractivity contribution in [2.75, 3.05) is 32.1 Å². The van der Waals surface area contributed by atoms with E-state index >= 15 is 0 Å². The van der Waals surface area contributed by atoms with E-state index in [2.05, 4.69) is 9.97 Å². The SMILES string of the molecule is COc1ccnc(N(C)CCCN)n1. The molecule has 0 unspecified atom stereocenters. The summed E-state index contributed by atoms with van der Waals surface area (Å²) in [6, 6.07) is 1.72. The van der Waals surface area contributed by atoms with Gasteiger partial charge in [0.2, 0.25) is 11.8 Å². The number of hydrogen-bond acceptors (Lipinski definition) is 5. The Morgan fingerprint density at radius 1 is 1.57 bits per heavy atom. The van der Waals surface area contributed by atoms with Crippen molar-refractivity contribution >= 4 is 5.95 Å². The minimum Gasteiger partial charge on any atom is -0.481 e. The van der Waals surface area contributed by atoms with Crippen LogP contribution in [-0.2, 0) is 0 Å². The Hall–Kier alpha value is -1.36. The second-order valence-corrected chi connectivity index (χ2v) is 2.96. The van der Waals surface area contributed by atoms with Crippen LogP contribution in [0.5, 0.6) is 5.88 Å². The molecule has 0 saturated carbocycles. The van der Waals surface area contributed by atoms with Gasteiger partial charge in [0.05, 0.1) is 7.11 Å². The number of nitrogens with zero attached hydrogens (tertiary/aromatic N) is 3. The van der Waals surface area contributed by atoms with Crippen LogP contribution in [0.3, 0.4) is 0 Å². The van der Waals surface area contributed by atoms with Crippen LogP contribution in [0, 0.1) is 0 Å². The Balaban J connectivity index is 2.64. The molecule has 2 N–H and O–H groups in total. The van der Waals surface area contributed by atoms with Gasteiger partial charge in [0.1, 0.15) is 0 Å². The van der Waals surface area contributed by atoms with Crippen molar-refractivity contribution in [1.29, 1.82) is 0 Å². The molecule has 0 fully saturated rings. The highest BCUT2D eigenvalue weighted by Crippen LogP contribution is 2.10. The Morgan fingerprint density at radius 3 is 3.00 bits per heavy atom. The zero-order valence-electron chi connectivity index (χ0n) is 8.60. The van der Waals surface area contributed by atoms with Crippen LogP contribution in [0.2, 0.25) is 0 Å². The largest absolute Gasteiger partial charge is 0.481 e. The normalized spacial score (nSPS) is 9.93. The van der Waals surface area contributed by atoms with Gasteiger partial charge in [-0.15, -0.1) is 0 Å². The maximum atomic E-state index is 5.42. The molecule has 5 nitrogen and oxygen atoms in total. The molecule has 0 spiro atoms. The molecular weight excluding hydrogens is 180 g/mol. The van der Waals surface area contributed by atoms with Gasteiger partial charge in [-0.2, -0.15) is 4.98 Å². The molecule has 0 aliphatic carbocycles. The van der Waals surface area contributed by atoms with E-state index in [0.717, 1.165) is 13.0 Å². The summed E-state index contributed by atoms with van der Waals surface area (Å²) in [5.74, 6) is 1.24. The lowest BCUT2D eigenvalue weighted by Crippen LogP contribution is -2.23. The van der Waals surface area contributed by atoms with Gasteiger partial charge in [0.25, 0.3) is 0 Å². The van der Waals surface area contributed by atoms with Gasteiger partial charge >= 0.3 is 0 Å². The van der Waals surface area contributed by atoms with Crippen LogP contribution >= 0.6 is 0 Å². The number of nitrogens with two attached hydrogens (primary N) is 1. The first-order valence-corrected chi connectivity index (χ1v) is 4.56. The van der Waals surface area contributed by atoms with Crippen molar-refractivity contribution in [3.8, 4) is 5.88 Å². The van der Waals surface area contributed by atoms with Gasteiger partial charge in [-0.05, 0) is 13.0 Å². The molecule has 1 heterocycles. The molecule has 0 atom stereocenters. The molecule has 0 aromatic carbocycles. The first-order valence-electron chi connectivity index (χ1n) is 4.56. The van der Waals surface area contributed by atoms with Crippen molar-refractivity contribution in [3.63, 3.8) is 0 Å². The minimum atomic E-state index is 0.578. The molecule has 78 valence electrons. The molecule has 0 amide bonds. The van der Waals surface area contributed by atoms with E-state index in [-0.39, 0.29) is 0 Å². The fourth-order valence-corrected chi connectivity index (χ4v) is 1.06. The van der Waals surface area contributed by atoms with Crippen molar-refractivity contribution in [2.24, 2.45) is 5.73 Å². The van der Waals surface area contributed by atoms with Crippen LogP contribution in [0.1, 0.15) is 6.42 Å². The van der Waals surface area contributed by atoms with Crippen LogP contribution in [-0.4, -0.2) is 37.2 Å². The van der Waals surface area contributed by atoms with Gasteiger partial charge in [-0.1, -0.05) is 0 Å². The van der Waals surface area contributed by atoms with Gasteiger partial charge in [-0.25, -0.2) is 4.98 Å². The van der Waals surface area contributed by atoms with E-state index in [0.29, 0.717) is 18.4 Å². The molecule has 5 heteroatoms. The molecule has 0 aliphatic rings. The van der Waals surface area contributed by atoms with Crippen molar-refractivity contribution in [1.82, 2.24) is 9.97 Å². The van der Waals surface area contributed by atoms with Gasteiger partial charge < -0.3 is 15.4 Å². The fourth-order valence-electron chi connectivity index (χ4n) is 1.06. The molecule has 0 saturated heterocycles. The minimum absolute atomic E-state index is 0.578. The Bertz CT molecular complexity index is 279. The summed E-state index contributed by atoms with van der Waals surface area (Å²) in [5, 5.41) is 0. The molecule has 0 radical (unpaired) electrons.